The van der Waals surface area contributed by atoms with Crippen molar-refractivity contribution in [3.8, 4) is 0 Å². The fraction of sp³-hybridized carbons (Fsp3) is 1.00. The van der Waals surface area contributed by atoms with E-state index in [1.807, 2.05) is 0 Å². The molecule has 0 spiro atoms. The first kappa shape index (κ1) is 28.8. The molecule has 200 valence electrons. The molecule has 3 saturated carbocycles. The van der Waals surface area contributed by atoms with Crippen molar-refractivity contribution in [3.63, 3.8) is 0 Å². The van der Waals surface area contributed by atoms with E-state index in [4.69, 9.17) is 29.0 Å². The number of ether oxygens (including phenoxy) is 1. The van der Waals surface area contributed by atoms with Crippen molar-refractivity contribution in [3.05, 3.63) is 0 Å². The molecule has 4 N–H and O–H groups in total. The lowest BCUT2D eigenvalue weighted by Crippen LogP contribution is -2.71. The summed E-state index contributed by atoms with van der Waals surface area (Å²) in [7, 11) is 0. The molecule has 34 heavy (non-hydrogen) atoms. The van der Waals surface area contributed by atoms with Crippen molar-refractivity contribution in [1.82, 2.24) is 0 Å². The van der Waals surface area contributed by atoms with Gasteiger partial charge in [-0.1, -0.05) is 53.9 Å². The van der Waals surface area contributed by atoms with Crippen molar-refractivity contribution in [1.29, 1.82) is 0 Å². The Morgan fingerprint density at radius 1 is 0.882 bits per heavy atom. The third-order valence-electron chi connectivity index (χ3n) is 11.0. The first-order valence-electron chi connectivity index (χ1n) is 14.4. The Bertz CT molecular complexity index is 648. The molecular formula is C29H56N2O2S. The van der Waals surface area contributed by atoms with Crippen LogP contribution in [0.1, 0.15) is 119 Å². The molecule has 5 heteroatoms. The van der Waals surface area contributed by atoms with Crippen LogP contribution in [0.15, 0.2) is 0 Å². The Labute approximate surface area is 216 Å². The molecule has 0 radical (unpaired) electrons. The Kier molecular flexibility index (Phi) is 9.55. The maximum atomic E-state index is 7.54. The summed E-state index contributed by atoms with van der Waals surface area (Å²) >= 11 is 5.52. The van der Waals surface area contributed by atoms with Crippen LogP contribution < -0.4 is 11.6 Å². The summed E-state index contributed by atoms with van der Waals surface area (Å²) in [5.74, 6) is 7.97. The van der Waals surface area contributed by atoms with Gasteiger partial charge in [0.2, 0.25) is 0 Å². The summed E-state index contributed by atoms with van der Waals surface area (Å²) < 4.78 is 5.99. The van der Waals surface area contributed by atoms with E-state index in [2.05, 4.69) is 46.4 Å². The smallest absolute Gasteiger partial charge is 0.0701 e. The normalized spacial score (nSPS) is 43.8. The first-order chi connectivity index (χ1) is 15.9. The molecule has 3 fully saturated rings. The molecule has 3 rings (SSSR count). The van der Waals surface area contributed by atoms with E-state index in [1.165, 1.54) is 51.4 Å². The number of rotatable bonds is 11. The Morgan fingerprint density at radius 2 is 1.56 bits per heavy atom. The van der Waals surface area contributed by atoms with Crippen LogP contribution in [-0.2, 0) is 9.57 Å². The predicted octanol–water partition coefficient (Wildman–Crippen LogP) is 6.91. The van der Waals surface area contributed by atoms with Gasteiger partial charge in [0.15, 0.2) is 0 Å². The summed E-state index contributed by atoms with van der Waals surface area (Å²) in [6.07, 6.45) is 14.9. The zero-order chi connectivity index (χ0) is 25.2. The monoisotopic (exact) mass is 496 g/mol. The number of fused-ring (bicyclic) bond motifs is 1. The summed E-state index contributed by atoms with van der Waals surface area (Å²) in [4.78, 5) is 4.67. The second-order valence-electron chi connectivity index (χ2n) is 13.5. The highest BCUT2D eigenvalue weighted by atomic mass is 32.1. The molecule has 0 aromatic rings. The van der Waals surface area contributed by atoms with Crippen LogP contribution in [0.2, 0.25) is 0 Å². The zero-order valence-corrected chi connectivity index (χ0v) is 24.1. The lowest BCUT2D eigenvalue weighted by molar-refractivity contribution is -0.0725. The van der Waals surface area contributed by atoms with Gasteiger partial charge in [-0.3, -0.25) is 0 Å². The highest BCUT2D eigenvalue weighted by molar-refractivity contribution is 7.82. The fourth-order valence-corrected chi connectivity index (χ4v) is 9.55. The van der Waals surface area contributed by atoms with Gasteiger partial charge < -0.3 is 15.3 Å². The molecular weight excluding hydrogens is 440 g/mol. The van der Waals surface area contributed by atoms with Gasteiger partial charge >= 0.3 is 0 Å². The van der Waals surface area contributed by atoms with E-state index in [0.29, 0.717) is 24.0 Å². The Balaban J connectivity index is 1.66. The van der Waals surface area contributed by atoms with Gasteiger partial charge in [-0.15, -0.1) is 0 Å². The van der Waals surface area contributed by atoms with Gasteiger partial charge in [0.1, 0.15) is 0 Å². The average Bonchev–Trinajstić information content (AvgIpc) is 3.05. The maximum absolute atomic E-state index is 7.54. The Morgan fingerprint density at radius 3 is 2.18 bits per heavy atom. The van der Waals surface area contributed by atoms with Crippen LogP contribution in [0, 0.1) is 34.5 Å². The highest BCUT2D eigenvalue weighted by Crippen LogP contribution is 2.68. The lowest BCUT2D eigenvalue weighted by Gasteiger charge is -2.64. The van der Waals surface area contributed by atoms with Crippen LogP contribution in [0.25, 0.3) is 0 Å². The maximum Gasteiger partial charge on any atom is 0.0701 e. The zero-order valence-electron chi connectivity index (χ0n) is 23.2. The molecule has 3 aliphatic carbocycles. The number of thiol groups is 1. The first-order valence-corrected chi connectivity index (χ1v) is 14.8. The van der Waals surface area contributed by atoms with Gasteiger partial charge in [-0.2, -0.15) is 12.6 Å². The second kappa shape index (κ2) is 11.3. The van der Waals surface area contributed by atoms with E-state index in [9.17, 15) is 0 Å². The highest BCUT2D eigenvalue weighted by Gasteiger charge is 2.68. The van der Waals surface area contributed by atoms with Crippen LogP contribution in [0.4, 0.5) is 0 Å². The van der Waals surface area contributed by atoms with E-state index in [1.54, 1.807) is 0 Å². The molecule has 1 unspecified atom stereocenters. The third kappa shape index (κ3) is 5.39. The van der Waals surface area contributed by atoms with Gasteiger partial charge in [0, 0.05) is 16.9 Å². The van der Waals surface area contributed by atoms with E-state index in [-0.39, 0.29) is 15.7 Å². The number of nitrogens with two attached hydrogens (primary N) is 2. The summed E-state index contributed by atoms with van der Waals surface area (Å²) in [5.41, 5.74) is 7.83. The van der Waals surface area contributed by atoms with Crippen LogP contribution in [0.3, 0.4) is 0 Å². The Hall–Kier alpha value is 0.190. The largest absolute Gasteiger partial charge is 0.378 e. The van der Waals surface area contributed by atoms with Crippen LogP contribution in [0.5, 0.6) is 0 Å². The number of hydrogen-bond acceptors (Lipinski definition) is 5. The van der Waals surface area contributed by atoms with Gasteiger partial charge in [0.25, 0.3) is 0 Å². The van der Waals surface area contributed by atoms with Gasteiger partial charge in [-0.05, 0) is 99.2 Å². The van der Waals surface area contributed by atoms with Gasteiger partial charge in [-0.25, -0.2) is 5.90 Å². The molecule has 3 aliphatic rings. The fourth-order valence-electron chi connectivity index (χ4n) is 8.74. The number of hydrogen-bond donors (Lipinski definition) is 3. The summed E-state index contributed by atoms with van der Waals surface area (Å²) in [6, 6.07) is 0. The molecule has 0 aromatic carbocycles. The minimum Gasteiger partial charge on any atom is -0.378 e. The standard InChI is InChI=1S/C29H56N2O2S/c1-21(2)9-7-10-22(3)24-13-18-29(30)27(24,5)17-14-25(28(29,6)34)26(4)15-11-23(12-16-26)32-19-8-20-33-31/h21-25,34H,7-20,30-31H2,1-6H3/t22-,23?,24-,25?,26?,27-,28+,29+/m1/s1. The lowest BCUT2D eigenvalue weighted by atomic mass is 9.47. The van der Waals surface area contributed by atoms with E-state index in [0.717, 1.165) is 50.0 Å². The molecule has 0 heterocycles. The van der Waals surface area contributed by atoms with Crippen LogP contribution in [-0.4, -0.2) is 29.6 Å². The summed E-state index contributed by atoms with van der Waals surface area (Å²) in [5, 5.41) is 0. The average molecular weight is 497 g/mol. The van der Waals surface area contributed by atoms with Gasteiger partial charge in [0.05, 0.1) is 12.7 Å². The molecule has 0 saturated heterocycles. The van der Waals surface area contributed by atoms with Crippen molar-refractivity contribution in [2.24, 2.45) is 46.1 Å². The van der Waals surface area contributed by atoms with E-state index >= 15 is 0 Å². The minimum absolute atomic E-state index is 0.146. The molecule has 6 atom stereocenters. The second-order valence-corrected chi connectivity index (χ2v) is 14.5. The predicted molar refractivity (Wildman–Crippen MR) is 147 cm³/mol. The SMILES string of the molecule is CC(C)CCC[C@@H](C)[C@H]1CC[C@@]2(N)[C@@](C)(S)C(C3(C)CCC(OCCCON)CC3)CC[C@]12C. The van der Waals surface area contributed by atoms with Crippen molar-refractivity contribution >= 4 is 12.6 Å². The minimum atomic E-state index is -0.193. The third-order valence-corrected chi connectivity index (χ3v) is 11.7. The summed E-state index contributed by atoms with van der Waals surface area (Å²) in [6.45, 7) is 16.0. The molecule has 0 amide bonds. The van der Waals surface area contributed by atoms with Crippen molar-refractivity contribution in [2.75, 3.05) is 13.2 Å². The molecule has 4 nitrogen and oxygen atoms in total. The quantitative estimate of drug-likeness (QED) is 0.165. The van der Waals surface area contributed by atoms with Crippen molar-refractivity contribution < 1.29 is 9.57 Å². The molecule has 0 aliphatic heterocycles. The molecule has 0 bridgehead atoms. The topological polar surface area (TPSA) is 70.5 Å². The van der Waals surface area contributed by atoms with Crippen LogP contribution >= 0.6 is 12.6 Å². The van der Waals surface area contributed by atoms with E-state index < -0.39 is 0 Å². The van der Waals surface area contributed by atoms with Crippen molar-refractivity contribution in [2.45, 2.75) is 135 Å². The molecule has 0 aromatic heterocycles.